The van der Waals surface area contributed by atoms with Crippen molar-refractivity contribution in [1.82, 2.24) is 0 Å². The molecule has 1 aromatic heterocycles. The van der Waals surface area contributed by atoms with Crippen molar-refractivity contribution in [2.75, 3.05) is 4.90 Å². The minimum atomic E-state index is -1.99. The first-order chi connectivity index (χ1) is 25.0. The molecule has 10 rings (SSSR count). The van der Waals surface area contributed by atoms with Gasteiger partial charge in [-0.05, 0) is 103 Å². The Morgan fingerprint density at radius 1 is 0.431 bits per heavy atom. The van der Waals surface area contributed by atoms with E-state index in [0.29, 0.717) is 0 Å². The van der Waals surface area contributed by atoms with Crippen LogP contribution in [0.3, 0.4) is 0 Å². The van der Waals surface area contributed by atoms with Gasteiger partial charge in [0.15, 0.2) is 0 Å². The van der Waals surface area contributed by atoms with E-state index < -0.39 is 8.07 Å². The summed E-state index contributed by atoms with van der Waals surface area (Å²) >= 11 is 1.95. The molecule has 0 radical (unpaired) electrons. The lowest BCUT2D eigenvalue weighted by Gasteiger charge is -2.28. The lowest BCUT2D eigenvalue weighted by atomic mass is 10.00. The molecule has 0 saturated heterocycles. The number of rotatable bonds is 5. The minimum absolute atomic E-state index is 1.15. The number of benzene rings is 8. The normalized spacial score (nSPS) is 13.1. The van der Waals surface area contributed by atoms with Crippen molar-refractivity contribution in [3.63, 3.8) is 0 Å². The second-order valence-corrected chi connectivity index (χ2v) is 19.6. The highest BCUT2D eigenvalue weighted by Gasteiger charge is 2.39. The van der Waals surface area contributed by atoms with Crippen molar-refractivity contribution in [1.29, 1.82) is 0 Å². The maximum absolute atomic E-state index is 2.53. The van der Waals surface area contributed by atoms with Crippen LogP contribution in [-0.2, 0) is 0 Å². The highest BCUT2D eigenvalue weighted by molar-refractivity contribution is 7.26. The molecule has 0 aliphatic carbocycles. The van der Waals surface area contributed by atoms with E-state index in [4.69, 9.17) is 0 Å². The van der Waals surface area contributed by atoms with Gasteiger partial charge in [-0.25, -0.2) is 0 Å². The Morgan fingerprint density at radius 3 is 1.86 bits per heavy atom. The third kappa shape index (κ3) is 4.88. The quantitative estimate of drug-likeness (QED) is 0.163. The summed E-state index contributed by atoms with van der Waals surface area (Å²) in [5, 5.41) is 8.27. The molecule has 242 valence electrons. The number of anilines is 3. The fourth-order valence-corrected chi connectivity index (χ4v) is 12.6. The van der Waals surface area contributed by atoms with Crippen LogP contribution in [0.1, 0.15) is 0 Å². The van der Waals surface area contributed by atoms with E-state index in [2.05, 4.69) is 194 Å². The fourth-order valence-electron chi connectivity index (χ4n) is 8.21. The van der Waals surface area contributed by atoms with E-state index >= 15 is 0 Å². The number of thiophene rings is 1. The van der Waals surface area contributed by atoms with Crippen LogP contribution in [0.2, 0.25) is 13.1 Å². The molecule has 51 heavy (non-hydrogen) atoms. The largest absolute Gasteiger partial charge is 0.310 e. The Balaban J connectivity index is 1.15. The standard InChI is InChI=1S/C48H35NSSi/c1-51(2)45-27-26-42-41-18-9-10-19-44(41)50-48(42)47(45)43-25-24-40(31-46(43)51)49(38-17-11-16-34(29-38)32-12-5-3-6-13-32)39-23-22-36-28-35(20-21-37(36)30-39)33-14-7-4-8-15-33/h3-31H,1-2H3. The molecule has 8 aromatic carbocycles. The molecular weight excluding hydrogens is 651 g/mol. The van der Waals surface area contributed by atoms with Crippen LogP contribution < -0.4 is 15.3 Å². The van der Waals surface area contributed by atoms with Gasteiger partial charge >= 0.3 is 0 Å². The number of fused-ring (bicyclic) bond motifs is 8. The van der Waals surface area contributed by atoms with Gasteiger partial charge in [-0.15, -0.1) is 11.3 Å². The molecule has 2 heterocycles. The number of hydrogen-bond acceptors (Lipinski definition) is 2. The lowest BCUT2D eigenvalue weighted by Crippen LogP contribution is -2.49. The third-order valence-corrected chi connectivity index (χ3v) is 15.6. The van der Waals surface area contributed by atoms with Crippen LogP contribution in [0.15, 0.2) is 176 Å². The van der Waals surface area contributed by atoms with Crippen molar-refractivity contribution < 1.29 is 0 Å². The Bertz CT molecular complexity index is 2780. The van der Waals surface area contributed by atoms with Gasteiger partial charge in [-0.3, -0.25) is 0 Å². The maximum Gasteiger partial charge on any atom is 0.114 e. The van der Waals surface area contributed by atoms with Crippen LogP contribution in [0.4, 0.5) is 17.1 Å². The Hall–Kier alpha value is -5.74. The molecule has 0 unspecified atom stereocenters. The van der Waals surface area contributed by atoms with Gasteiger partial charge < -0.3 is 4.90 Å². The first-order valence-electron chi connectivity index (χ1n) is 17.7. The molecule has 1 aliphatic rings. The molecule has 0 atom stereocenters. The fraction of sp³-hybridized carbons (Fsp3) is 0.0417. The summed E-state index contributed by atoms with van der Waals surface area (Å²) in [6, 6.07) is 65.1. The van der Waals surface area contributed by atoms with Gasteiger partial charge in [0.1, 0.15) is 8.07 Å². The molecule has 0 fully saturated rings. The van der Waals surface area contributed by atoms with Gasteiger partial charge in [0.05, 0.1) is 0 Å². The first kappa shape index (κ1) is 30.1. The van der Waals surface area contributed by atoms with Crippen molar-refractivity contribution in [3.05, 3.63) is 176 Å². The zero-order valence-corrected chi connectivity index (χ0v) is 30.4. The van der Waals surface area contributed by atoms with Crippen molar-refractivity contribution in [2.24, 2.45) is 0 Å². The van der Waals surface area contributed by atoms with Crippen LogP contribution in [0.25, 0.3) is 64.3 Å². The van der Waals surface area contributed by atoms with Gasteiger partial charge in [0, 0.05) is 37.2 Å². The zero-order valence-electron chi connectivity index (χ0n) is 28.6. The van der Waals surface area contributed by atoms with E-state index in [1.807, 2.05) is 11.3 Å². The van der Waals surface area contributed by atoms with Gasteiger partial charge in [0.25, 0.3) is 0 Å². The summed E-state index contributed by atoms with van der Waals surface area (Å²) < 4.78 is 2.79. The molecule has 0 N–H and O–H groups in total. The molecule has 0 spiro atoms. The monoisotopic (exact) mass is 685 g/mol. The van der Waals surface area contributed by atoms with Crippen LogP contribution in [-0.4, -0.2) is 8.07 Å². The van der Waals surface area contributed by atoms with Crippen molar-refractivity contribution in [3.8, 4) is 33.4 Å². The smallest absolute Gasteiger partial charge is 0.114 e. The lowest BCUT2D eigenvalue weighted by molar-refractivity contribution is 1.29. The summed E-state index contributed by atoms with van der Waals surface area (Å²) in [7, 11) is -1.99. The summed E-state index contributed by atoms with van der Waals surface area (Å²) in [5.41, 5.74) is 11.3. The predicted molar refractivity (Wildman–Crippen MR) is 225 cm³/mol. The van der Waals surface area contributed by atoms with Crippen molar-refractivity contribution in [2.45, 2.75) is 13.1 Å². The van der Waals surface area contributed by atoms with Crippen LogP contribution in [0, 0.1) is 0 Å². The maximum atomic E-state index is 2.53. The Labute approximate surface area is 303 Å². The van der Waals surface area contributed by atoms with E-state index in [-0.39, 0.29) is 0 Å². The molecule has 3 heteroatoms. The van der Waals surface area contributed by atoms with E-state index in [0.717, 1.165) is 11.4 Å². The molecule has 0 bridgehead atoms. The summed E-state index contributed by atoms with van der Waals surface area (Å²) in [4.78, 5) is 2.46. The van der Waals surface area contributed by atoms with Crippen LogP contribution >= 0.6 is 11.3 Å². The van der Waals surface area contributed by atoms with E-state index in [9.17, 15) is 0 Å². The zero-order chi connectivity index (χ0) is 34.1. The number of nitrogens with zero attached hydrogens (tertiary/aromatic N) is 1. The topological polar surface area (TPSA) is 3.24 Å². The molecule has 1 nitrogen and oxygen atoms in total. The van der Waals surface area contributed by atoms with E-state index in [1.54, 1.807) is 5.19 Å². The summed E-state index contributed by atoms with van der Waals surface area (Å²) in [6.07, 6.45) is 0. The van der Waals surface area contributed by atoms with Crippen LogP contribution in [0.5, 0.6) is 0 Å². The van der Waals surface area contributed by atoms with Gasteiger partial charge in [-0.1, -0.05) is 140 Å². The molecule has 0 amide bonds. The first-order valence-corrected chi connectivity index (χ1v) is 21.5. The highest BCUT2D eigenvalue weighted by Crippen LogP contribution is 2.44. The predicted octanol–water partition coefficient (Wildman–Crippen LogP) is 12.8. The Kier molecular flexibility index (Phi) is 6.89. The number of hydrogen-bond donors (Lipinski definition) is 0. The van der Waals surface area contributed by atoms with Crippen molar-refractivity contribution >= 4 is 77.8 Å². The molecular formula is C48H35NSSi. The average Bonchev–Trinajstić information content (AvgIpc) is 3.67. The van der Waals surface area contributed by atoms with Gasteiger partial charge in [0.2, 0.25) is 0 Å². The SMILES string of the molecule is C[Si]1(C)c2cc(N(c3cccc(-c4ccccc4)c3)c3ccc4cc(-c5ccccc5)ccc4c3)ccc2-c2c1ccc1c2sc2ccccc21. The minimum Gasteiger partial charge on any atom is -0.310 e. The second kappa shape index (κ2) is 11.7. The molecule has 1 aliphatic heterocycles. The second-order valence-electron chi connectivity index (χ2n) is 14.2. The van der Waals surface area contributed by atoms with Gasteiger partial charge in [-0.2, -0.15) is 0 Å². The molecule has 0 saturated carbocycles. The highest BCUT2D eigenvalue weighted by atomic mass is 32.1. The summed E-state index contributed by atoms with van der Waals surface area (Å²) in [5.74, 6) is 0. The molecule has 9 aromatic rings. The third-order valence-electron chi connectivity index (χ3n) is 10.8. The summed E-state index contributed by atoms with van der Waals surface area (Å²) in [6.45, 7) is 5.06. The Morgan fingerprint density at radius 2 is 1.06 bits per heavy atom. The average molecular weight is 686 g/mol. The van der Waals surface area contributed by atoms with E-state index in [1.165, 1.54) is 75.2 Å².